The summed E-state index contributed by atoms with van der Waals surface area (Å²) < 4.78 is 39.4. The maximum absolute atomic E-state index is 12.9. The molecular weight excluding hydrogens is 510 g/mol. The number of ether oxygens (including phenoxy) is 2. The highest BCUT2D eigenvalue weighted by Crippen LogP contribution is 2.29. The van der Waals surface area contributed by atoms with Crippen LogP contribution in [0, 0.1) is 5.92 Å². The lowest BCUT2D eigenvalue weighted by atomic mass is 9.85. The number of benzene rings is 2. The molecular formula is C27H37N3O7S. The molecule has 0 spiro atoms. The lowest BCUT2D eigenvalue weighted by Gasteiger charge is -2.44. The Hall–Kier alpha value is -2.70. The van der Waals surface area contributed by atoms with Crippen molar-refractivity contribution in [2.45, 2.75) is 54.8 Å². The number of carboxylic acid groups (broad SMARTS) is 1. The first-order valence-corrected chi connectivity index (χ1v) is 14.4. The Labute approximate surface area is 224 Å². The smallest absolute Gasteiger partial charge is 0.404 e. The summed E-state index contributed by atoms with van der Waals surface area (Å²) >= 11 is 0. The standard InChI is InChI=1S/C27H37N3O7S/c1-36-22-7-9-23(10-8-22)38(34,35)29-21-11-14-30(15-12-21)25(20-13-16-37-18-20)26(31)24(28-27(32)33)17-19-5-3-2-4-6-19/h2-10,20-21,24-26,28-29,31H,11-18H2,1H3,(H,32,33)/t20?,24-,25+,26+/m0/s1. The highest BCUT2D eigenvalue weighted by molar-refractivity contribution is 7.89. The van der Waals surface area contributed by atoms with E-state index in [1.165, 1.54) is 19.2 Å². The van der Waals surface area contributed by atoms with Crippen molar-refractivity contribution in [2.75, 3.05) is 33.4 Å². The van der Waals surface area contributed by atoms with Gasteiger partial charge in [0.2, 0.25) is 10.0 Å². The summed E-state index contributed by atoms with van der Waals surface area (Å²) in [7, 11) is -2.16. The number of hydrogen-bond donors (Lipinski definition) is 4. The van der Waals surface area contributed by atoms with Crippen molar-refractivity contribution in [1.29, 1.82) is 0 Å². The molecule has 1 unspecified atom stereocenters. The minimum atomic E-state index is -3.68. The minimum Gasteiger partial charge on any atom is -0.497 e. The SMILES string of the molecule is COc1ccc(S(=O)(=O)NC2CCN([C@H](C3CCOC3)[C@H](O)[C@H](Cc3ccccc3)NC(=O)O)CC2)cc1. The van der Waals surface area contributed by atoms with E-state index < -0.39 is 28.3 Å². The molecule has 38 heavy (non-hydrogen) atoms. The topological polar surface area (TPSA) is 137 Å². The summed E-state index contributed by atoms with van der Waals surface area (Å²) in [6.45, 7) is 2.23. The number of methoxy groups -OCH3 is 1. The largest absolute Gasteiger partial charge is 0.497 e. The van der Waals surface area contributed by atoms with E-state index in [0.717, 1.165) is 12.0 Å². The molecule has 10 nitrogen and oxygen atoms in total. The summed E-state index contributed by atoms with van der Waals surface area (Å²) in [5, 5.41) is 23.6. The van der Waals surface area contributed by atoms with Crippen molar-refractivity contribution in [3.63, 3.8) is 0 Å². The van der Waals surface area contributed by atoms with Crippen LogP contribution in [0.3, 0.4) is 0 Å². The number of nitrogens with zero attached hydrogens (tertiary/aromatic N) is 1. The zero-order valence-electron chi connectivity index (χ0n) is 21.5. The maximum Gasteiger partial charge on any atom is 0.404 e. The van der Waals surface area contributed by atoms with Crippen molar-refractivity contribution >= 4 is 16.1 Å². The average Bonchev–Trinajstić information content (AvgIpc) is 3.44. The van der Waals surface area contributed by atoms with Crippen LogP contribution >= 0.6 is 0 Å². The van der Waals surface area contributed by atoms with Crippen LogP contribution in [0.4, 0.5) is 4.79 Å². The average molecular weight is 548 g/mol. The third-order valence-electron chi connectivity index (χ3n) is 7.46. The number of sulfonamides is 1. The monoisotopic (exact) mass is 547 g/mol. The molecule has 208 valence electrons. The first kappa shape index (κ1) is 28.3. The van der Waals surface area contributed by atoms with Gasteiger partial charge in [-0.05, 0) is 55.5 Å². The fourth-order valence-corrected chi connectivity index (χ4v) is 6.80. The van der Waals surface area contributed by atoms with Crippen molar-refractivity contribution in [3.05, 3.63) is 60.2 Å². The molecule has 0 aromatic heterocycles. The van der Waals surface area contributed by atoms with Gasteiger partial charge in [-0.3, -0.25) is 4.90 Å². The van der Waals surface area contributed by atoms with Crippen LogP contribution in [-0.4, -0.2) is 87.3 Å². The molecule has 4 N–H and O–H groups in total. The van der Waals surface area contributed by atoms with Gasteiger partial charge in [0.1, 0.15) is 5.75 Å². The Balaban J connectivity index is 1.44. The zero-order chi connectivity index (χ0) is 27.1. The quantitative estimate of drug-likeness (QED) is 0.336. The molecule has 2 heterocycles. The van der Waals surface area contributed by atoms with E-state index in [1.54, 1.807) is 12.1 Å². The Morgan fingerprint density at radius 3 is 2.37 bits per heavy atom. The number of rotatable bonds is 11. The summed E-state index contributed by atoms with van der Waals surface area (Å²) in [5.41, 5.74) is 0.929. The second-order valence-corrected chi connectivity index (χ2v) is 11.7. The second kappa shape index (κ2) is 12.9. The van der Waals surface area contributed by atoms with Crippen LogP contribution in [0.1, 0.15) is 24.8 Å². The van der Waals surface area contributed by atoms with Gasteiger partial charge in [0.15, 0.2) is 0 Å². The van der Waals surface area contributed by atoms with Gasteiger partial charge in [-0.1, -0.05) is 30.3 Å². The lowest BCUT2D eigenvalue weighted by molar-refractivity contribution is -0.0173. The molecule has 4 atom stereocenters. The van der Waals surface area contributed by atoms with Crippen molar-refractivity contribution in [3.8, 4) is 5.75 Å². The maximum atomic E-state index is 12.9. The molecule has 0 radical (unpaired) electrons. The van der Waals surface area contributed by atoms with Gasteiger partial charge in [-0.2, -0.15) is 0 Å². The number of amides is 1. The van der Waals surface area contributed by atoms with Gasteiger partial charge in [0, 0.05) is 37.7 Å². The van der Waals surface area contributed by atoms with Crippen LogP contribution in [0.15, 0.2) is 59.5 Å². The summed E-state index contributed by atoms with van der Waals surface area (Å²) in [6, 6.07) is 14.5. The number of carbonyl (C=O) groups is 1. The molecule has 0 aliphatic carbocycles. The Kier molecular flexibility index (Phi) is 9.61. The van der Waals surface area contributed by atoms with Crippen molar-refractivity contribution in [2.24, 2.45) is 5.92 Å². The lowest BCUT2D eigenvalue weighted by Crippen LogP contribution is -2.60. The normalized spacial score (nSPS) is 21.5. The van der Waals surface area contributed by atoms with E-state index in [4.69, 9.17) is 9.47 Å². The number of aliphatic hydroxyl groups excluding tert-OH is 1. The summed E-state index contributed by atoms with van der Waals surface area (Å²) in [5.74, 6) is 0.632. The molecule has 2 fully saturated rings. The fraction of sp³-hybridized carbons (Fsp3) is 0.519. The molecule has 11 heteroatoms. The second-order valence-electron chi connectivity index (χ2n) is 9.96. The number of aliphatic hydroxyl groups is 1. The zero-order valence-corrected chi connectivity index (χ0v) is 22.3. The molecule has 0 bridgehead atoms. The number of piperidine rings is 1. The molecule has 2 saturated heterocycles. The van der Waals surface area contributed by atoms with Gasteiger partial charge in [0.25, 0.3) is 0 Å². The van der Waals surface area contributed by atoms with E-state index in [1.807, 2.05) is 30.3 Å². The Bertz CT molecular complexity index is 1130. The van der Waals surface area contributed by atoms with Gasteiger partial charge in [-0.25, -0.2) is 17.9 Å². The van der Waals surface area contributed by atoms with Crippen LogP contribution in [0.25, 0.3) is 0 Å². The molecule has 4 rings (SSSR count). The van der Waals surface area contributed by atoms with E-state index in [9.17, 15) is 23.4 Å². The summed E-state index contributed by atoms with van der Waals surface area (Å²) in [6.07, 6.45) is 0.126. The van der Waals surface area contributed by atoms with Gasteiger partial charge >= 0.3 is 6.09 Å². The number of nitrogens with one attached hydrogen (secondary N) is 2. The number of likely N-dealkylation sites (tertiary alicyclic amines) is 1. The van der Waals surface area contributed by atoms with E-state index in [-0.39, 0.29) is 22.9 Å². The molecule has 2 aromatic rings. The van der Waals surface area contributed by atoms with Crippen LogP contribution in [0.5, 0.6) is 5.75 Å². The fourth-order valence-electron chi connectivity index (χ4n) is 5.49. The first-order valence-electron chi connectivity index (χ1n) is 13.0. The van der Waals surface area contributed by atoms with E-state index in [0.29, 0.717) is 51.3 Å². The Morgan fingerprint density at radius 2 is 1.79 bits per heavy atom. The molecule has 1 amide bonds. The van der Waals surface area contributed by atoms with Gasteiger partial charge in [0.05, 0.1) is 30.8 Å². The Morgan fingerprint density at radius 1 is 1.11 bits per heavy atom. The molecule has 2 aliphatic heterocycles. The van der Waals surface area contributed by atoms with Gasteiger partial charge in [-0.15, -0.1) is 0 Å². The predicted octanol–water partition coefficient (Wildman–Crippen LogP) is 2.08. The third-order valence-corrected chi connectivity index (χ3v) is 9.00. The highest BCUT2D eigenvalue weighted by atomic mass is 32.2. The highest BCUT2D eigenvalue weighted by Gasteiger charge is 2.41. The molecule has 2 aromatic carbocycles. The number of hydrogen-bond acceptors (Lipinski definition) is 7. The molecule has 0 saturated carbocycles. The summed E-state index contributed by atoms with van der Waals surface area (Å²) in [4.78, 5) is 14.0. The molecule has 2 aliphatic rings. The van der Waals surface area contributed by atoms with Gasteiger partial charge < -0.3 is 25.0 Å². The first-order chi connectivity index (χ1) is 18.3. The van der Waals surface area contributed by atoms with E-state index >= 15 is 0 Å². The van der Waals surface area contributed by atoms with E-state index in [2.05, 4.69) is 14.9 Å². The van der Waals surface area contributed by atoms with Crippen LogP contribution in [-0.2, 0) is 21.2 Å². The van der Waals surface area contributed by atoms with Crippen molar-refractivity contribution < 1.29 is 32.9 Å². The third kappa shape index (κ3) is 7.23. The van der Waals surface area contributed by atoms with Crippen molar-refractivity contribution in [1.82, 2.24) is 14.9 Å². The minimum absolute atomic E-state index is 0.0476. The predicted molar refractivity (Wildman–Crippen MR) is 142 cm³/mol. The van der Waals surface area contributed by atoms with Crippen LogP contribution < -0.4 is 14.8 Å². The van der Waals surface area contributed by atoms with Crippen LogP contribution in [0.2, 0.25) is 0 Å².